The lowest BCUT2D eigenvalue weighted by Crippen LogP contribution is -2.16. The Morgan fingerprint density at radius 2 is 2.21 bits per heavy atom. The van der Waals surface area contributed by atoms with Gasteiger partial charge in [0.15, 0.2) is 5.82 Å². The van der Waals surface area contributed by atoms with Gasteiger partial charge in [-0.1, -0.05) is 26.2 Å². The van der Waals surface area contributed by atoms with Crippen LogP contribution < -0.4 is 5.73 Å². The second-order valence-electron chi connectivity index (χ2n) is 4.21. The Morgan fingerprint density at radius 1 is 1.43 bits per heavy atom. The highest BCUT2D eigenvalue weighted by atomic mass is 15.2. The monoisotopic (exact) mass is 194 g/mol. The SMILES string of the molecule is CC1CCCCC1c1n[nH]c(CN)n1. The van der Waals surface area contributed by atoms with Crippen molar-refractivity contribution in [2.45, 2.75) is 45.1 Å². The normalized spacial score (nSPS) is 27.9. The van der Waals surface area contributed by atoms with Gasteiger partial charge < -0.3 is 5.73 Å². The van der Waals surface area contributed by atoms with Gasteiger partial charge >= 0.3 is 0 Å². The summed E-state index contributed by atoms with van der Waals surface area (Å²) in [6, 6.07) is 0. The molecule has 2 rings (SSSR count). The Labute approximate surface area is 84.3 Å². The molecule has 0 aromatic carbocycles. The molecule has 1 aromatic rings. The molecule has 1 fully saturated rings. The molecule has 0 radical (unpaired) electrons. The van der Waals surface area contributed by atoms with E-state index >= 15 is 0 Å². The van der Waals surface area contributed by atoms with Crippen molar-refractivity contribution >= 4 is 0 Å². The van der Waals surface area contributed by atoms with Crippen LogP contribution >= 0.6 is 0 Å². The summed E-state index contributed by atoms with van der Waals surface area (Å²) in [4.78, 5) is 4.41. The van der Waals surface area contributed by atoms with E-state index in [0.717, 1.165) is 11.6 Å². The fourth-order valence-electron chi connectivity index (χ4n) is 2.27. The van der Waals surface area contributed by atoms with Gasteiger partial charge in [0.25, 0.3) is 0 Å². The molecular weight excluding hydrogens is 176 g/mol. The quantitative estimate of drug-likeness (QED) is 0.750. The van der Waals surface area contributed by atoms with Crippen LogP contribution in [0.15, 0.2) is 0 Å². The number of nitrogens with one attached hydrogen (secondary N) is 1. The third-order valence-corrected chi connectivity index (χ3v) is 3.19. The van der Waals surface area contributed by atoms with E-state index in [1.54, 1.807) is 0 Å². The van der Waals surface area contributed by atoms with E-state index < -0.39 is 0 Å². The second kappa shape index (κ2) is 4.09. The van der Waals surface area contributed by atoms with E-state index in [4.69, 9.17) is 5.73 Å². The van der Waals surface area contributed by atoms with Crippen LogP contribution in [0.2, 0.25) is 0 Å². The molecule has 1 saturated carbocycles. The number of nitrogens with zero attached hydrogens (tertiary/aromatic N) is 2. The molecule has 0 aliphatic heterocycles. The average Bonchev–Trinajstić information content (AvgIpc) is 2.67. The third kappa shape index (κ3) is 1.80. The zero-order chi connectivity index (χ0) is 9.97. The Kier molecular flexibility index (Phi) is 2.82. The minimum Gasteiger partial charge on any atom is -0.324 e. The number of H-pyrrole nitrogens is 1. The van der Waals surface area contributed by atoms with E-state index in [1.807, 2.05) is 0 Å². The number of hydrogen-bond donors (Lipinski definition) is 2. The lowest BCUT2D eigenvalue weighted by molar-refractivity contribution is 0.320. The smallest absolute Gasteiger partial charge is 0.154 e. The molecule has 3 N–H and O–H groups in total. The molecule has 14 heavy (non-hydrogen) atoms. The first-order chi connectivity index (χ1) is 6.81. The van der Waals surface area contributed by atoms with Gasteiger partial charge in [0.05, 0.1) is 6.54 Å². The minimum atomic E-state index is 0.452. The summed E-state index contributed by atoms with van der Waals surface area (Å²) in [7, 11) is 0. The lowest BCUT2D eigenvalue weighted by atomic mass is 9.80. The van der Waals surface area contributed by atoms with E-state index in [1.165, 1.54) is 25.7 Å². The van der Waals surface area contributed by atoms with Crippen molar-refractivity contribution in [3.8, 4) is 0 Å². The number of hydrogen-bond acceptors (Lipinski definition) is 3. The Balaban J connectivity index is 2.12. The molecule has 1 aliphatic rings. The van der Waals surface area contributed by atoms with Crippen LogP contribution in [0.3, 0.4) is 0 Å². The molecule has 4 heteroatoms. The van der Waals surface area contributed by atoms with Crippen molar-refractivity contribution < 1.29 is 0 Å². The highest BCUT2D eigenvalue weighted by Crippen LogP contribution is 2.35. The molecule has 0 bridgehead atoms. The summed E-state index contributed by atoms with van der Waals surface area (Å²) >= 11 is 0. The summed E-state index contributed by atoms with van der Waals surface area (Å²) in [6.45, 7) is 2.75. The Bertz CT molecular complexity index is 294. The summed E-state index contributed by atoms with van der Waals surface area (Å²) in [6.07, 6.45) is 5.19. The van der Waals surface area contributed by atoms with Crippen LogP contribution in [0, 0.1) is 5.92 Å². The largest absolute Gasteiger partial charge is 0.324 e. The fourth-order valence-corrected chi connectivity index (χ4v) is 2.27. The highest BCUT2D eigenvalue weighted by Gasteiger charge is 2.25. The van der Waals surface area contributed by atoms with Crippen molar-refractivity contribution in [1.82, 2.24) is 15.2 Å². The fraction of sp³-hybridized carbons (Fsp3) is 0.800. The van der Waals surface area contributed by atoms with Gasteiger partial charge in [0.1, 0.15) is 5.82 Å². The van der Waals surface area contributed by atoms with E-state index in [2.05, 4.69) is 22.1 Å². The van der Waals surface area contributed by atoms with Gasteiger partial charge in [0.2, 0.25) is 0 Å². The zero-order valence-corrected chi connectivity index (χ0v) is 8.66. The number of rotatable bonds is 2. The van der Waals surface area contributed by atoms with E-state index in [0.29, 0.717) is 18.4 Å². The molecular formula is C10H18N4. The highest BCUT2D eigenvalue weighted by molar-refractivity contribution is 5.00. The van der Waals surface area contributed by atoms with Gasteiger partial charge in [0, 0.05) is 5.92 Å². The first-order valence-electron chi connectivity index (χ1n) is 5.42. The number of nitrogens with two attached hydrogens (primary N) is 1. The molecule has 4 nitrogen and oxygen atoms in total. The van der Waals surface area contributed by atoms with Crippen LogP contribution in [0.4, 0.5) is 0 Å². The maximum atomic E-state index is 5.49. The van der Waals surface area contributed by atoms with E-state index in [9.17, 15) is 0 Å². The van der Waals surface area contributed by atoms with Crippen LogP contribution in [0.5, 0.6) is 0 Å². The zero-order valence-electron chi connectivity index (χ0n) is 8.66. The minimum absolute atomic E-state index is 0.452. The predicted molar refractivity (Wildman–Crippen MR) is 54.6 cm³/mol. The van der Waals surface area contributed by atoms with Crippen molar-refractivity contribution in [2.75, 3.05) is 0 Å². The van der Waals surface area contributed by atoms with Crippen molar-refractivity contribution in [3.63, 3.8) is 0 Å². The van der Waals surface area contributed by atoms with Gasteiger partial charge in [-0.25, -0.2) is 4.98 Å². The molecule has 1 aliphatic carbocycles. The van der Waals surface area contributed by atoms with E-state index in [-0.39, 0.29) is 0 Å². The third-order valence-electron chi connectivity index (χ3n) is 3.19. The molecule has 0 saturated heterocycles. The molecule has 0 amide bonds. The number of aromatic amines is 1. The molecule has 2 atom stereocenters. The van der Waals surface area contributed by atoms with Gasteiger partial charge in [-0.15, -0.1) is 0 Å². The summed E-state index contributed by atoms with van der Waals surface area (Å²) < 4.78 is 0. The average molecular weight is 194 g/mol. The molecule has 1 aromatic heterocycles. The first kappa shape index (κ1) is 9.65. The van der Waals surface area contributed by atoms with Gasteiger partial charge in [-0.05, 0) is 12.3 Å². The Hall–Kier alpha value is -0.900. The number of aromatic nitrogens is 3. The molecule has 0 spiro atoms. The molecule has 78 valence electrons. The van der Waals surface area contributed by atoms with Crippen molar-refractivity contribution in [3.05, 3.63) is 11.6 Å². The summed E-state index contributed by atoms with van der Waals surface area (Å²) in [5.41, 5.74) is 5.49. The maximum absolute atomic E-state index is 5.49. The maximum Gasteiger partial charge on any atom is 0.154 e. The van der Waals surface area contributed by atoms with Crippen LogP contribution in [0.1, 0.15) is 50.2 Å². The second-order valence-corrected chi connectivity index (χ2v) is 4.21. The summed E-state index contributed by atoms with van der Waals surface area (Å²) in [5, 5.41) is 7.13. The topological polar surface area (TPSA) is 67.6 Å². The summed E-state index contributed by atoms with van der Waals surface area (Å²) in [5.74, 6) is 3.03. The standard InChI is InChI=1S/C10H18N4/c1-7-4-2-3-5-8(7)10-12-9(6-11)13-14-10/h7-8H,2-6,11H2,1H3,(H,12,13,14). The van der Waals surface area contributed by atoms with Crippen LogP contribution in [-0.2, 0) is 6.54 Å². The van der Waals surface area contributed by atoms with Crippen LogP contribution in [-0.4, -0.2) is 15.2 Å². The lowest BCUT2D eigenvalue weighted by Gasteiger charge is -2.26. The first-order valence-corrected chi connectivity index (χ1v) is 5.42. The predicted octanol–water partition coefficient (Wildman–Crippen LogP) is 1.56. The van der Waals surface area contributed by atoms with Gasteiger partial charge in [-0.2, -0.15) is 5.10 Å². The van der Waals surface area contributed by atoms with Gasteiger partial charge in [-0.3, -0.25) is 5.10 Å². The van der Waals surface area contributed by atoms with Crippen molar-refractivity contribution in [2.24, 2.45) is 11.7 Å². The molecule has 2 unspecified atom stereocenters. The molecule has 1 heterocycles. The Morgan fingerprint density at radius 3 is 2.86 bits per heavy atom. The van der Waals surface area contributed by atoms with Crippen molar-refractivity contribution in [1.29, 1.82) is 0 Å². The van der Waals surface area contributed by atoms with Crippen LogP contribution in [0.25, 0.3) is 0 Å².